The van der Waals surface area contributed by atoms with E-state index in [1.165, 1.54) is 36.7 Å². The molecular formula is C11H7N3O4S. The van der Waals surface area contributed by atoms with Crippen LogP contribution in [-0.2, 0) is 0 Å². The minimum atomic E-state index is -1.08. The zero-order chi connectivity index (χ0) is 13.8. The van der Waals surface area contributed by atoms with Gasteiger partial charge in [-0.2, -0.15) is 0 Å². The molecule has 1 N–H and O–H groups in total. The van der Waals surface area contributed by atoms with Crippen molar-refractivity contribution in [3.8, 4) is 0 Å². The second-order valence-corrected chi connectivity index (χ2v) is 4.43. The zero-order valence-corrected chi connectivity index (χ0v) is 10.2. The van der Waals surface area contributed by atoms with Gasteiger partial charge in [0.15, 0.2) is 6.20 Å². The molecule has 2 rings (SSSR count). The van der Waals surface area contributed by atoms with Crippen molar-refractivity contribution < 1.29 is 14.8 Å². The number of hydrogen-bond donors (Lipinski definition) is 1. The van der Waals surface area contributed by atoms with Gasteiger partial charge in [0, 0.05) is 12.3 Å². The molecule has 0 spiro atoms. The molecule has 0 atom stereocenters. The van der Waals surface area contributed by atoms with E-state index in [0.717, 1.165) is 11.8 Å². The standard InChI is InChI=1S/C11H7N3O4S/c15-11(16)8-2-1-5-12-10(8)19-7-3-4-9(13-6-7)14(17)18/h1-6H,(H,15,16). The molecule has 0 amide bonds. The number of hydrogen-bond acceptors (Lipinski definition) is 6. The first-order chi connectivity index (χ1) is 9.08. The number of carbonyl (C=O) groups is 1. The summed E-state index contributed by atoms with van der Waals surface area (Å²) >= 11 is 1.09. The highest BCUT2D eigenvalue weighted by Gasteiger charge is 2.13. The number of nitrogens with zero attached hydrogens (tertiary/aromatic N) is 3. The predicted octanol–water partition coefficient (Wildman–Crippen LogP) is 2.23. The first kappa shape index (κ1) is 13.0. The first-order valence-corrected chi connectivity index (χ1v) is 5.86. The normalized spacial score (nSPS) is 10.1. The molecule has 2 aromatic rings. The third-order valence-corrected chi connectivity index (χ3v) is 3.12. The molecule has 0 radical (unpaired) electrons. The molecule has 0 aliphatic carbocycles. The van der Waals surface area contributed by atoms with Crippen LogP contribution in [0.4, 0.5) is 5.82 Å². The quantitative estimate of drug-likeness (QED) is 0.674. The van der Waals surface area contributed by atoms with E-state index in [-0.39, 0.29) is 11.4 Å². The summed E-state index contributed by atoms with van der Waals surface area (Å²) in [6, 6.07) is 5.72. The van der Waals surface area contributed by atoms with Crippen LogP contribution in [0.2, 0.25) is 0 Å². The van der Waals surface area contributed by atoms with Crippen molar-refractivity contribution in [2.45, 2.75) is 9.92 Å². The summed E-state index contributed by atoms with van der Waals surface area (Å²) in [7, 11) is 0. The molecule has 0 unspecified atom stereocenters. The Bertz CT molecular complexity index is 630. The van der Waals surface area contributed by atoms with Gasteiger partial charge in [0.2, 0.25) is 0 Å². The van der Waals surface area contributed by atoms with E-state index in [1.54, 1.807) is 0 Å². The van der Waals surface area contributed by atoms with Gasteiger partial charge in [-0.05, 0) is 28.1 Å². The second kappa shape index (κ2) is 5.44. The van der Waals surface area contributed by atoms with E-state index in [1.807, 2.05) is 0 Å². The maximum atomic E-state index is 11.0. The third kappa shape index (κ3) is 3.05. The van der Waals surface area contributed by atoms with Gasteiger partial charge in [-0.15, -0.1) is 0 Å². The first-order valence-electron chi connectivity index (χ1n) is 5.04. The lowest BCUT2D eigenvalue weighted by Gasteiger charge is -2.02. The highest BCUT2D eigenvalue weighted by molar-refractivity contribution is 7.99. The molecule has 0 bridgehead atoms. The summed E-state index contributed by atoms with van der Waals surface area (Å²) in [6.45, 7) is 0. The topological polar surface area (TPSA) is 106 Å². The Hall–Kier alpha value is -2.48. The van der Waals surface area contributed by atoms with Gasteiger partial charge < -0.3 is 15.2 Å². The smallest absolute Gasteiger partial charge is 0.363 e. The number of carboxylic acid groups (broad SMARTS) is 1. The molecule has 2 heterocycles. The number of pyridine rings is 2. The van der Waals surface area contributed by atoms with Crippen LogP contribution in [0.25, 0.3) is 0 Å². The van der Waals surface area contributed by atoms with Crippen LogP contribution in [0.1, 0.15) is 10.4 Å². The molecule has 0 saturated heterocycles. The lowest BCUT2D eigenvalue weighted by molar-refractivity contribution is -0.389. The van der Waals surface area contributed by atoms with Crippen molar-refractivity contribution >= 4 is 23.5 Å². The minimum absolute atomic E-state index is 0.0749. The summed E-state index contributed by atoms with van der Waals surface area (Å²) in [6.07, 6.45) is 2.79. The van der Waals surface area contributed by atoms with Crippen LogP contribution < -0.4 is 0 Å². The van der Waals surface area contributed by atoms with Crippen molar-refractivity contribution in [1.29, 1.82) is 0 Å². The van der Waals surface area contributed by atoms with Crippen LogP contribution >= 0.6 is 11.8 Å². The maximum absolute atomic E-state index is 11.0. The van der Waals surface area contributed by atoms with E-state index in [9.17, 15) is 14.9 Å². The van der Waals surface area contributed by atoms with E-state index < -0.39 is 10.9 Å². The summed E-state index contributed by atoms with van der Waals surface area (Å²) < 4.78 is 0. The van der Waals surface area contributed by atoms with Crippen LogP contribution in [0.3, 0.4) is 0 Å². The Kier molecular flexibility index (Phi) is 3.71. The lowest BCUT2D eigenvalue weighted by Crippen LogP contribution is -2.00. The Morgan fingerprint density at radius 2 is 2.11 bits per heavy atom. The largest absolute Gasteiger partial charge is 0.478 e. The van der Waals surface area contributed by atoms with Gasteiger partial charge in [-0.1, -0.05) is 11.8 Å². The molecule has 8 heteroatoms. The maximum Gasteiger partial charge on any atom is 0.363 e. The number of carboxylic acids is 1. The molecule has 19 heavy (non-hydrogen) atoms. The molecule has 96 valence electrons. The second-order valence-electron chi connectivity index (χ2n) is 3.37. The van der Waals surface area contributed by atoms with Crippen molar-refractivity contribution in [3.63, 3.8) is 0 Å². The highest BCUT2D eigenvalue weighted by Crippen LogP contribution is 2.28. The molecule has 0 aromatic carbocycles. The number of aromatic carboxylic acids is 1. The van der Waals surface area contributed by atoms with E-state index >= 15 is 0 Å². The van der Waals surface area contributed by atoms with E-state index in [0.29, 0.717) is 9.92 Å². The van der Waals surface area contributed by atoms with Crippen molar-refractivity contribution in [3.05, 3.63) is 52.3 Å². The van der Waals surface area contributed by atoms with Crippen LogP contribution in [0, 0.1) is 10.1 Å². The number of nitro groups is 1. The molecule has 2 aromatic heterocycles. The van der Waals surface area contributed by atoms with Crippen molar-refractivity contribution in [2.75, 3.05) is 0 Å². The summed E-state index contributed by atoms with van der Waals surface area (Å²) in [5.74, 6) is -1.34. The predicted molar refractivity (Wildman–Crippen MR) is 66.2 cm³/mol. The Labute approximate surface area is 111 Å². The minimum Gasteiger partial charge on any atom is -0.478 e. The molecule has 7 nitrogen and oxygen atoms in total. The van der Waals surface area contributed by atoms with E-state index in [4.69, 9.17) is 5.11 Å². The summed E-state index contributed by atoms with van der Waals surface area (Å²) in [5.41, 5.74) is 0.0749. The zero-order valence-electron chi connectivity index (χ0n) is 9.39. The Morgan fingerprint density at radius 1 is 1.32 bits per heavy atom. The number of aromatic nitrogens is 2. The molecule has 0 aliphatic heterocycles. The Balaban J connectivity index is 2.26. The SMILES string of the molecule is O=C(O)c1cccnc1Sc1ccc([N+](=O)[O-])nc1. The van der Waals surface area contributed by atoms with E-state index in [2.05, 4.69) is 9.97 Å². The average molecular weight is 277 g/mol. The van der Waals surface area contributed by atoms with Gasteiger partial charge in [0.05, 0.1) is 10.5 Å². The fraction of sp³-hybridized carbons (Fsp3) is 0. The molecular weight excluding hydrogens is 270 g/mol. The third-order valence-electron chi connectivity index (χ3n) is 2.12. The Morgan fingerprint density at radius 3 is 2.68 bits per heavy atom. The van der Waals surface area contributed by atoms with Crippen molar-refractivity contribution in [2.24, 2.45) is 0 Å². The molecule has 0 fully saturated rings. The molecule has 0 saturated carbocycles. The lowest BCUT2D eigenvalue weighted by atomic mass is 10.3. The summed E-state index contributed by atoms with van der Waals surface area (Å²) in [5, 5.41) is 19.8. The van der Waals surface area contributed by atoms with Crippen LogP contribution in [0.5, 0.6) is 0 Å². The fourth-order valence-corrected chi connectivity index (χ4v) is 2.13. The van der Waals surface area contributed by atoms with Crippen LogP contribution in [0.15, 0.2) is 46.6 Å². The van der Waals surface area contributed by atoms with Gasteiger partial charge in [-0.3, -0.25) is 0 Å². The van der Waals surface area contributed by atoms with Gasteiger partial charge in [0.1, 0.15) is 5.03 Å². The van der Waals surface area contributed by atoms with Gasteiger partial charge in [0.25, 0.3) is 0 Å². The summed E-state index contributed by atoms with van der Waals surface area (Å²) in [4.78, 5) is 29.1. The van der Waals surface area contributed by atoms with Gasteiger partial charge >= 0.3 is 11.8 Å². The fourth-order valence-electron chi connectivity index (χ4n) is 1.29. The van der Waals surface area contributed by atoms with Crippen molar-refractivity contribution in [1.82, 2.24) is 9.97 Å². The average Bonchev–Trinajstić information content (AvgIpc) is 2.39. The van der Waals surface area contributed by atoms with Gasteiger partial charge in [-0.25, -0.2) is 9.78 Å². The monoisotopic (exact) mass is 277 g/mol. The van der Waals surface area contributed by atoms with Crippen LogP contribution in [-0.4, -0.2) is 26.0 Å². The number of rotatable bonds is 4. The molecule has 0 aliphatic rings. The highest BCUT2D eigenvalue weighted by atomic mass is 32.2.